The van der Waals surface area contributed by atoms with Crippen molar-refractivity contribution in [2.45, 2.75) is 9.79 Å². The second-order valence-corrected chi connectivity index (χ2v) is 4.61. The Hall–Kier alpha value is -2.36. The second kappa shape index (κ2) is 10.4. The molecule has 0 bridgehead atoms. The van der Waals surface area contributed by atoms with E-state index in [-0.39, 0.29) is 11.1 Å². The zero-order valence-electron chi connectivity index (χ0n) is 11.4. The Balaban J connectivity index is 0.000000360. The number of rotatable bonds is 2. The van der Waals surface area contributed by atoms with Crippen LogP contribution in [0, 0.1) is 12.8 Å². The molecule has 0 saturated carbocycles. The molecule has 0 amide bonds. The number of benzene rings is 2. The number of thiol groups is 2. The van der Waals surface area contributed by atoms with Gasteiger partial charge in [-0.1, -0.05) is 24.3 Å². The van der Waals surface area contributed by atoms with Crippen LogP contribution in [0.25, 0.3) is 0 Å². The third kappa shape index (κ3) is 6.39. The highest BCUT2D eigenvalue weighted by Crippen LogP contribution is 2.12. The van der Waals surface area contributed by atoms with Crippen LogP contribution in [-0.4, -0.2) is 22.2 Å². The summed E-state index contributed by atoms with van der Waals surface area (Å²) in [5, 5.41) is 17.0. The minimum Gasteiger partial charge on any atom is -0.478 e. The summed E-state index contributed by atoms with van der Waals surface area (Å²) in [6.45, 7) is 0. The lowest BCUT2D eigenvalue weighted by Crippen LogP contribution is -1.96. The van der Waals surface area contributed by atoms with Crippen LogP contribution in [0.3, 0.4) is 0 Å². The van der Waals surface area contributed by atoms with Gasteiger partial charge in [0.1, 0.15) is 0 Å². The molecule has 0 aliphatic carbocycles. The molecule has 0 aliphatic heterocycles. The largest absolute Gasteiger partial charge is 0.478 e. The molecule has 4 nitrogen and oxygen atoms in total. The van der Waals surface area contributed by atoms with E-state index in [2.05, 4.69) is 38.1 Å². The predicted octanol–water partition coefficient (Wildman–Crippen LogP) is 3.60. The first kappa shape index (κ1) is 19.6. The zero-order valence-corrected chi connectivity index (χ0v) is 13.2. The van der Waals surface area contributed by atoms with Gasteiger partial charge in [-0.25, -0.2) is 9.59 Å². The van der Waals surface area contributed by atoms with Crippen molar-refractivity contribution in [1.82, 2.24) is 0 Å². The van der Waals surface area contributed by atoms with Gasteiger partial charge in [-0.05, 0) is 24.3 Å². The quantitative estimate of drug-likeness (QED) is 0.500. The maximum atomic E-state index is 10.4. The molecule has 0 fully saturated rings. The molecular formula is C16H14O4S2. The normalized spacial score (nSPS) is 8.55. The Bertz CT molecular complexity index is 610. The summed E-state index contributed by atoms with van der Waals surface area (Å²) in [6.07, 6.45) is 8.00. The lowest BCUT2D eigenvalue weighted by Gasteiger charge is -1.95. The van der Waals surface area contributed by atoms with E-state index in [1.807, 2.05) is 0 Å². The Morgan fingerprint density at radius 2 is 1.00 bits per heavy atom. The van der Waals surface area contributed by atoms with Gasteiger partial charge in [0, 0.05) is 9.79 Å². The number of terminal acetylenes is 1. The van der Waals surface area contributed by atoms with Crippen LogP contribution in [0.2, 0.25) is 0 Å². The van der Waals surface area contributed by atoms with Crippen molar-refractivity contribution in [1.29, 1.82) is 0 Å². The van der Waals surface area contributed by atoms with Crippen molar-refractivity contribution in [3.63, 3.8) is 0 Å². The second-order valence-electron chi connectivity index (χ2n) is 3.64. The number of aromatic carboxylic acids is 2. The molecule has 0 unspecified atom stereocenters. The van der Waals surface area contributed by atoms with E-state index in [1.54, 1.807) is 36.4 Å². The molecule has 0 atom stereocenters. The van der Waals surface area contributed by atoms with Gasteiger partial charge in [0.15, 0.2) is 0 Å². The average molecular weight is 334 g/mol. The van der Waals surface area contributed by atoms with Gasteiger partial charge < -0.3 is 10.2 Å². The molecule has 22 heavy (non-hydrogen) atoms. The van der Waals surface area contributed by atoms with Gasteiger partial charge in [-0.3, -0.25) is 0 Å². The molecule has 0 heterocycles. The molecule has 2 N–H and O–H groups in total. The van der Waals surface area contributed by atoms with Crippen LogP contribution in [0.5, 0.6) is 0 Å². The summed E-state index contributed by atoms with van der Waals surface area (Å²) in [7, 11) is 0. The third-order valence-corrected chi connectivity index (χ3v) is 3.05. The van der Waals surface area contributed by atoms with Crippen molar-refractivity contribution >= 4 is 37.2 Å². The van der Waals surface area contributed by atoms with Crippen molar-refractivity contribution < 1.29 is 19.8 Å². The summed E-state index contributed by atoms with van der Waals surface area (Å²) in [4.78, 5) is 21.7. The summed E-state index contributed by atoms with van der Waals surface area (Å²) in [6, 6.07) is 13.2. The van der Waals surface area contributed by atoms with Crippen molar-refractivity contribution in [2.24, 2.45) is 0 Å². The minimum absolute atomic E-state index is 0.242. The standard InChI is InChI=1S/2C7H6O2S.C2H2/c2*8-7(9)5-3-1-2-4-6(5)10;1-2/h2*1-4,10H,(H,8,9);1-2H. The minimum atomic E-state index is -0.939. The highest BCUT2D eigenvalue weighted by molar-refractivity contribution is 7.80. The Morgan fingerprint density at radius 1 is 0.727 bits per heavy atom. The lowest BCUT2D eigenvalue weighted by molar-refractivity contribution is 0.0682. The fraction of sp³-hybridized carbons (Fsp3) is 0. The molecule has 0 aliphatic rings. The van der Waals surface area contributed by atoms with Crippen molar-refractivity contribution in [2.75, 3.05) is 0 Å². The summed E-state index contributed by atoms with van der Waals surface area (Å²) in [5.41, 5.74) is 0.483. The Labute approximate surface area is 139 Å². The Morgan fingerprint density at radius 3 is 1.18 bits per heavy atom. The van der Waals surface area contributed by atoms with Gasteiger partial charge in [0.2, 0.25) is 0 Å². The smallest absolute Gasteiger partial charge is 0.336 e. The molecule has 6 heteroatoms. The maximum absolute atomic E-state index is 10.4. The monoisotopic (exact) mass is 334 g/mol. The number of hydrogen-bond acceptors (Lipinski definition) is 4. The third-order valence-electron chi connectivity index (χ3n) is 2.27. The fourth-order valence-electron chi connectivity index (χ4n) is 1.31. The van der Waals surface area contributed by atoms with Crippen LogP contribution >= 0.6 is 25.3 Å². The summed E-state index contributed by atoms with van der Waals surface area (Å²) in [5.74, 6) is -1.88. The predicted molar refractivity (Wildman–Crippen MR) is 91.2 cm³/mol. The molecule has 0 radical (unpaired) electrons. The number of carboxylic acids is 2. The van der Waals surface area contributed by atoms with Crippen LogP contribution in [0.1, 0.15) is 20.7 Å². The lowest BCUT2D eigenvalue weighted by atomic mass is 10.2. The molecule has 2 aromatic carbocycles. The maximum Gasteiger partial charge on any atom is 0.336 e. The van der Waals surface area contributed by atoms with E-state index in [1.165, 1.54) is 12.1 Å². The molecule has 114 valence electrons. The van der Waals surface area contributed by atoms with Crippen LogP contribution in [0.4, 0.5) is 0 Å². The first-order valence-corrected chi connectivity index (χ1v) is 6.69. The van der Waals surface area contributed by atoms with E-state index in [0.29, 0.717) is 9.79 Å². The summed E-state index contributed by atoms with van der Waals surface area (Å²) >= 11 is 7.91. The van der Waals surface area contributed by atoms with Crippen LogP contribution in [0.15, 0.2) is 58.3 Å². The van der Waals surface area contributed by atoms with Gasteiger partial charge in [0.25, 0.3) is 0 Å². The van der Waals surface area contributed by atoms with E-state index in [9.17, 15) is 9.59 Å². The fourth-order valence-corrected chi connectivity index (χ4v) is 1.82. The molecule has 2 rings (SSSR count). The van der Waals surface area contributed by atoms with E-state index < -0.39 is 11.9 Å². The van der Waals surface area contributed by atoms with E-state index in [0.717, 1.165) is 0 Å². The molecule has 0 saturated heterocycles. The van der Waals surface area contributed by atoms with Gasteiger partial charge >= 0.3 is 11.9 Å². The average Bonchev–Trinajstić information content (AvgIpc) is 2.50. The number of carbonyl (C=O) groups is 2. The van der Waals surface area contributed by atoms with E-state index >= 15 is 0 Å². The molecule has 2 aromatic rings. The molecule has 0 aromatic heterocycles. The van der Waals surface area contributed by atoms with Crippen LogP contribution in [-0.2, 0) is 0 Å². The van der Waals surface area contributed by atoms with Gasteiger partial charge in [-0.2, -0.15) is 0 Å². The SMILES string of the molecule is C#C.O=C(O)c1ccccc1S.O=C(O)c1ccccc1S. The first-order valence-electron chi connectivity index (χ1n) is 5.79. The van der Waals surface area contributed by atoms with Crippen molar-refractivity contribution in [3.05, 3.63) is 59.7 Å². The Kier molecular flexibility index (Phi) is 9.27. The van der Waals surface area contributed by atoms with Crippen LogP contribution < -0.4 is 0 Å². The first-order chi connectivity index (χ1) is 10.4. The number of hydrogen-bond donors (Lipinski definition) is 4. The highest BCUT2D eigenvalue weighted by atomic mass is 32.1. The van der Waals surface area contributed by atoms with Crippen molar-refractivity contribution in [3.8, 4) is 12.8 Å². The highest BCUT2D eigenvalue weighted by Gasteiger charge is 2.04. The van der Waals surface area contributed by atoms with Gasteiger partial charge in [0.05, 0.1) is 11.1 Å². The van der Waals surface area contributed by atoms with E-state index in [4.69, 9.17) is 10.2 Å². The van der Waals surface area contributed by atoms with Gasteiger partial charge in [-0.15, -0.1) is 38.1 Å². The summed E-state index contributed by atoms with van der Waals surface area (Å²) < 4.78 is 0. The molecule has 0 spiro atoms. The molecular weight excluding hydrogens is 320 g/mol. The number of carboxylic acid groups (broad SMARTS) is 2. The topological polar surface area (TPSA) is 74.6 Å². The zero-order chi connectivity index (χ0) is 17.1.